The van der Waals surface area contributed by atoms with Crippen molar-refractivity contribution < 1.29 is 22.7 Å². The third-order valence-corrected chi connectivity index (χ3v) is 8.26. The number of carbonyl (C=O) groups excluding carboxylic acids is 1. The molecule has 4 aromatic carbocycles. The van der Waals surface area contributed by atoms with Crippen LogP contribution in [0.4, 0.5) is 5.69 Å². The maximum Gasteiger partial charge on any atom is 0.268 e. The molecular weight excluding hydrogens is 536 g/mol. The van der Waals surface area contributed by atoms with Crippen LogP contribution in [-0.4, -0.2) is 35.1 Å². The van der Waals surface area contributed by atoms with Gasteiger partial charge in [-0.2, -0.15) is 0 Å². The van der Waals surface area contributed by atoms with Gasteiger partial charge in [0, 0.05) is 0 Å². The number of hydrogen-bond donors (Lipinski definition) is 1. The summed E-state index contributed by atoms with van der Waals surface area (Å²) < 4.78 is 39.8. The van der Waals surface area contributed by atoms with Gasteiger partial charge in [-0.25, -0.2) is 8.42 Å². The fraction of sp³-hybridized carbons (Fsp3) is 0.167. The van der Waals surface area contributed by atoms with Crippen LogP contribution in [0.1, 0.15) is 22.7 Å². The van der Waals surface area contributed by atoms with Crippen molar-refractivity contribution in [1.29, 1.82) is 0 Å². The average Bonchev–Trinajstić information content (AvgIpc) is 2.95. The van der Waals surface area contributed by atoms with Gasteiger partial charge in [0.05, 0.1) is 31.0 Å². The Hall–Kier alpha value is -4.01. The van der Waals surface area contributed by atoms with Crippen LogP contribution in [0.25, 0.3) is 0 Å². The molecule has 0 heterocycles. The van der Waals surface area contributed by atoms with Gasteiger partial charge in [-0.1, -0.05) is 78.3 Å². The van der Waals surface area contributed by atoms with Crippen molar-refractivity contribution in [2.45, 2.75) is 17.9 Å². The summed E-state index contributed by atoms with van der Waals surface area (Å²) in [4.78, 5) is 13.5. The van der Waals surface area contributed by atoms with Crippen LogP contribution in [0.15, 0.2) is 102 Å². The summed E-state index contributed by atoms with van der Waals surface area (Å²) >= 11 is 6.36. The Bertz CT molecular complexity index is 1510. The summed E-state index contributed by atoms with van der Waals surface area (Å²) in [5.41, 5.74) is 2.65. The second-order valence-corrected chi connectivity index (χ2v) is 11.0. The van der Waals surface area contributed by atoms with Gasteiger partial charge in [0.2, 0.25) is 5.91 Å². The maximum absolute atomic E-state index is 14.1. The molecule has 0 bridgehead atoms. The van der Waals surface area contributed by atoms with Gasteiger partial charge in [-0.15, -0.1) is 0 Å². The second kappa shape index (κ2) is 12.2. The van der Waals surface area contributed by atoms with E-state index in [1.54, 1.807) is 31.2 Å². The lowest BCUT2D eigenvalue weighted by Gasteiger charge is -2.27. The Kier molecular flexibility index (Phi) is 8.79. The Labute approximate surface area is 234 Å². The Balaban J connectivity index is 1.75. The van der Waals surface area contributed by atoms with Crippen LogP contribution in [0.2, 0.25) is 5.02 Å². The lowest BCUT2D eigenvalue weighted by molar-refractivity contribution is -0.120. The quantitative estimate of drug-likeness (QED) is 0.264. The van der Waals surface area contributed by atoms with E-state index in [0.717, 1.165) is 21.0 Å². The number of ether oxygens (including phenoxy) is 2. The highest BCUT2D eigenvalue weighted by atomic mass is 35.5. The van der Waals surface area contributed by atoms with Crippen molar-refractivity contribution in [2.75, 3.05) is 25.1 Å². The van der Waals surface area contributed by atoms with Crippen molar-refractivity contribution in [2.24, 2.45) is 0 Å². The fourth-order valence-corrected chi connectivity index (χ4v) is 6.12. The molecular formula is C30H29ClN2O5S. The molecule has 4 rings (SSSR count). The van der Waals surface area contributed by atoms with Gasteiger partial charge in [-0.05, 0) is 53.9 Å². The third kappa shape index (κ3) is 6.35. The zero-order valence-corrected chi connectivity index (χ0v) is 23.4. The number of benzene rings is 4. The molecule has 0 aliphatic heterocycles. The summed E-state index contributed by atoms with van der Waals surface area (Å²) in [6, 6.07) is 27.9. The lowest BCUT2D eigenvalue weighted by atomic mass is 9.99. The topological polar surface area (TPSA) is 84.9 Å². The predicted molar refractivity (Wildman–Crippen MR) is 153 cm³/mol. The van der Waals surface area contributed by atoms with Crippen LogP contribution < -0.4 is 19.1 Å². The van der Waals surface area contributed by atoms with Gasteiger partial charge < -0.3 is 14.8 Å². The number of halogens is 1. The van der Waals surface area contributed by atoms with Gasteiger partial charge in [-0.3, -0.25) is 9.10 Å². The van der Waals surface area contributed by atoms with E-state index in [1.807, 2.05) is 60.7 Å². The molecule has 0 aliphatic rings. The Morgan fingerprint density at radius 2 is 1.41 bits per heavy atom. The van der Waals surface area contributed by atoms with Crippen molar-refractivity contribution >= 4 is 33.2 Å². The number of sulfonamides is 1. The first-order valence-electron chi connectivity index (χ1n) is 12.1. The minimum Gasteiger partial charge on any atom is -0.495 e. The van der Waals surface area contributed by atoms with E-state index in [9.17, 15) is 13.2 Å². The molecule has 0 unspecified atom stereocenters. The lowest BCUT2D eigenvalue weighted by Crippen LogP contribution is -2.42. The van der Waals surface area contributed by atoms with Crippen LogP contribution in [0.5, 0.6) is 11.5 Å². The minimum atomic E-state index is -4.27. The highest BCUT2D eigenvalue weighted by Crippen LogP contribution is 2.34. The number of aryl methyl sites for hydroxylation is 1. The van der Waals surface area contributed by atoms with Crippen LogP contribution in [-0.2, 0) is 14.8 Å². The molecule has 0 saturated heterocycles. The number of amides is 1. The van der Waals surface area contributed by atoms with E-state index in [-0.39, 0.29) is 21.4 Å². The molecule has 0 radical (unpaired) electrons. The Morgan fingerprint density at radius 3 is 1.95 bits per heavy atom. The number of nitrogens with zero attached hydrogens (tertiary/aromatic N) is 1. The molecule has 4 aromatic rings. The van der Waals surface area contributed by atoms with Gasteiger partial charge in [0.25, 0.3) is 10.0 Å². The summed E-state index contributed by atoms with van der Waals surface area (Å²) in [7, 11) is -1.40. The van der Waals surface area contributed by atoms with Crippen molar-refractivity contribution in [3.63, 3.8) is 0 Å². The van der Waals surface area contributed by atoms with Crippen molar-refractivity contribution in [3.05, 3.63) is 119 Å². The number of anilines is 1. The molecule has 1 amide bonds. The molecule has 0 aliphatic carbocycles. The largest absolute Gasteiger partial charge is 0.495 e. The number of carbonyl (C=O) groups is 1. The molecule has 0 atom stereocenters. The van der Waals surface area contributed by atoms with E-state index >= 15 is 0 Å². The first-order chi connectivity index (χ1) is 18.7. The number of rotatable bonds is 10. The highest BCUT2D eigenvalue weighted by molar-refractivity contribution is 7.93. The normalized spacial score (nSPS) is 11.2. The van der Waals surface area contributed by atoms with E-state index < -0.39 is 28.5 Å². The minimum absolute atomic E-state index is 0.0626. The highest BCUT2D eigenvalue weighted by Gasteiger charge is 2.31. The maximum atomic E-state index is 14.1. The number of methoxy groups -OCH3 is 2. The zero-order chi connectivity index (χ0) is 28.0. The molecule has 1 N–H and O–H groups in total. The molecule has 0 spiro atoms. The van der Waals surface area contributed by atoms with Crippen molar-refractivity contribution in [3.8, 4) is 11.5 Å². The van der Waals surface area contributed by atoms with E-state index in [2.05, 4.69) is 5.32 Å². The fourth-order valence-electron chi connectivity index (χ4n) is 4.22. The van der Waals surface area contributed by atoms with Gasteiger partial charge in [0.15, 0.2) is 0 Å². The average molecular weight is 565 g/mol. The molecule has 7 nitrogen and oxygen atoms in total. The standard InChI is InChI=1S/C30H29ClN2O5S/c1-21-14-16-27(38-3)28(18-21)39(35,36)33(24-15-17-26(37-2)25(31)19-24)20-29(34)32-30(22-10-6-4-7-11-22)23-12-8-5-9-13-23/h4-19,30H,20H2,1-3H3,(H,32,34). The monoisotopic (exact) mass is 564 g/mol. The summed E-state index contributed by atoms with van der Waals surface area (Å²) in [6.45, 7) is 1.28. The molecule has 0 saturated carbocycles. The molecule has 39 heavy (non-hydrogen) atoms. The van der Waals surface area contributed by atoms with Crippen molar-refractivity contribution in [1.82, 2.24) is 5.32 Å². The SMILES string of the molecule is COc1ccc(N(CC(=O)NC(c2ccccc2)c2ccccc2)S(=O)(=O)c2cc(C)ccc2OC)cc1Cl. The first kappa shape index (κ1) is 28.0. The summed E-state index contributed by atoms with van der Waals surface area (Å²) in [5.74, 6) is 0.0375. The first-order valence-corrected chi connectivity index (χ1v) is 14.0. The van der Waals surface area contributed by atoms with E-state index in [0.29, 0.717) is 5.75 Å². The van der Waals surface area contributed by atoms with Gasteiger partial charge in [0.1, 0.15) is 22.9 Å². The molecule has 202 valence electrons. The second-order valence-electron chi connectivity index (χ2n) is 8.81. The van der Waals surface area contributed by atoms with E-state index in [4.69, 9.17) is 21.1 Å². The zero-order valence-electron chi connectivity index (χ0n) is 21.8. The summed E-state index contributed by atoms with van der Waals surface area (Å²) in [6.07, 6.45) is 0. The predicted octanol–water partition coefficient (Wildman–Crippen LogP) is 5.77. The molecule has 9 heteroatoms. The van der Waals surface area contributed by atoms with E-state index in [1.165, 1.54) is 26.4 Å². The van der Waals surface area contributed by atoms with Crippen LogP contribution in [0, 0.1) is 6.92 Å². The van der Waals surface area contributed by atoms with Gasteiger partial charge >= 0.3 is 0 Å². The smallest absolute Gasteiger partial charge is 0.268 e. The molecule has 0 aromatic heterocycles. The number of hydrogen-bond acceptors (Lipinski definition) is 5. The third-order valence-electron chi connectivity index (χ3n) is 6.17. The van der Waals surface area contributed by atoms with Crippen LogP contribution in [0.3, 0.4) is 0 Å². The van der Waals surface area contributed by atoms with Crippen LogP contribution >= 0.6 is 11.6 Å². The number of nitrogens with one attached hydrogen (secondary N) is 1. The molecule has 0 fully saturated rings. The summed E-state index contributed by atoms with van der Waals surface area (Å²) in [5, 5.41) is 3.22. The Morgan fingerprint density at radius 1 is 0.846 bits per heavy atom.